The molecule has 0 spiro atoms. The van der Waals surface area contributed by atoms with E-state index in [-0.39, 0.29) is 11.4 Å². The van der Waals surface area contributed by atoms with Crippen molar-refractivity contribution >= 4 is 35.4 Å². The molecule has 2 aromatic rings. The Morgan fingerprint density at radius 1 is 1.24 bits per heavy atom. The van der Waals surface area contributed by atoms with Gasteiger partial charge in [-0.1, -0.05) is 36.4 Å². The van der Waals surface area contributed by atoms with Crippen molar-refractivity contribution in [3.63, 3.8) is 0 Å². The molecule has 1 unspecified atom stereocenters. The lowest BCUT2D eigenvalue weighted by Gasteiger charge is -2.35. The highest BCUT2D eigenvalue weighted by atomic mass is 35.5. The van der Waals surface area contributed by atoms with E-state index in [2.05, 4.69) is 40.9 Å². The van der Waals surface area contributed by atoms with E-state index >= 15 is 0 Å². The zero-order valence-electron chi connectivity index (χ0n) is 19.2. The van der Waals surface area contributed by atoms with Crippen molar-refractivity contribution < 1.29 is 9.59 Å². The lowest BCUT2D eigenvalue weighted by Crippen LogP contribution is -2.52. The lowest BCUT2D eigenvalue weighted by molar-refractivity contribution is 0.0965. The third-order valence-corrected chi connectivity index (χ3v) is 5.97. The van der Waals surface area contributed by atoms with Gasteiger partial charge in [0.15, 0.2) is 0 Å². The number of benzene rings is 2. The number of hydrogen-bond acceptors (Lipinski definition) is 5. The SMILES string of the molecule is C=CNC(=C)C(C)(CN(C)Cc1cc(Cl)ccc1C=O)NC.O=C1NCc2cc(Cl)ccc21. The number of nitrogens with one attached hydrogen (secondary N) is 3. The van der Waals surface area contributed by atoms with Crippen LogP contribution >= 0.6 is 23.2 Å². The van der Waals surface area contributed by atoms with E-state index in [4.69, 9.17) is 23.2 Å². The van der Waals surface area contributed by atoms with Gasteiger partial charge >= 0.3 is 0 Å². The third-order valence-electron chi connectivity index (χ3n) is 5.50. The summed E-state index contributed by atoms with van der Waals surface area (Å²) in [5.41, 5.74) is 3.80. The summed E-state index contributed by atoms with van der Waals surface area (Å²) in [6, 6.07) is 10.6. The Labute approximate surface area is 205 Å². The third kappa shape index (κ3) is 7.17. The van der Waals surface area contributed by atoms with E-state index in [1.165, 1.54) is 0 Å². The molecule has 0 saturated carbocycles. The average Bonchev–Trinajstić information content (AvgIpc) is 3.14. The van der Waals surface area contributed by atoms with Crippen LogP contribution in [0.25, 0.3) is 0 Å². The van der Waals surface area contributed by atoms with Crippen molar-refractivity contribution in [3.05, 3.63) is 93.8 Å². The number of nitrogens with zero attached hydrogens (tertiary/aromatic N) is 1. The minimum absolute atomic E-state index is 0.00309. The minimum Gasteiger partial charge on any atom is -0.365 e. The van der Waals surface area contributed by atoms with Crippen molar-refractivity contribution in [3.8, 4) is 0 Å². The molecule has 0 saturated heterocycles. The molecule has 1 heterocycles. The maximum absolute atomic E-state index is 11.1. The highest BCUT2D eigenvalue weighted by Crippen LogP contribution is 2.20. The quantitative estimate of drug-likeness (QED) is 0.456. The van der Waals surface area contributed by atoms with Gasteiger partial charge in [-0.05, 0) is 74.7 Å². The number of carbonyl (C=O) groups is 2. The van der Waals surface area contributed by atoms with Crippen LogP contribution in [0.2, 0.25) is 10.0 Å². The van der Waals surface area contributed by atoms with Crippen LogP contribution in [0.4, 0.5) is 0 Å². The molecule has 1 aliphatic rings. The van der Waals surface area contributed by atoms with Gasteiger partial charge in [0.2, 0.25) is 0 Å². The highest BCUT2D eigenvalue weighted by Gasteiger charge is 2.27. The van der Waals surface area contributed by atoms with Gasteiger partial charge in [-0.15, -0.1) is 0 Å². The predicted octanol–water partition coefficient (Wildman–Crippen LogP) is 4.39. The molecule has 8 heteroatoms. The summed E-state index contributed by atoms with van der Waals surface area (Å²) in [6.45, 7) is 11.7. The summed E-state index contributed by atoms with van der Waals surface area (Å²) in [5, 5.41) is 10.3. The molecule has 1 aliphatic heterocycles. The minimum atomic E-state index is -0.330. The number of halogens is 2. The van der Waals surface area contributed by atoms with Gasteiger partial charge in [-0.25, -0.2) is 0 Å². The molecule has 3 rings (SSSR count). The Morgan fingerprint density at radius 2 is 1.91 bits per heavy atom. The van der Waals surface area contributed by atoms with E-state index < -0.39 is 0 Å². The van der Waals surface area contributed by atoms with Gasteiger partial charge in [0, 0.05) is 46.5 Å². The second-order valence-corrected chi connectivity index (χ2v) is 8.90. The Bertz CT molecular complexity index is 1040. The van der Waals surface area contributed by atoms with Crippen molar-refractivity contribution in [1.29, 1.82) is 0 Å². The standard InChI is InChI=1S/C17H24ClN3O.C8H6ClNO/c1-6-20-13(2)17(3,19-4)12-21(5)10-15-9-16(18)8-7-14(15)11-22;9-6-1-2-7-5(3-6)4-10-8(7)11/h6-9,11,19-20H,1-2,10,12H2,3-5H3;1-3H,4H2,(H,10,11). The van der Waals surface area contributed by atoms with Crippen LogP contribution in [0.5, 0.6) is 0 Å². The normalized spacial score (nSPS) is 13.8. The zero-order valence-corrected chi connectivity index (χ0v) is 20.7. The molecule has 6 nitrogen and oxygen atoms in total. The Morgan fingerprint density at radius 3 is 2.55 bits per heavy atom. The second-order valence-electron chi connectivity index (χ2n) is 8.03. The fourth-order valence-electron chi connectivity index (χ4n) is 3.52. The van der Waals surface area contributed by atoms with Gasteiger partial charge in [-0.3, -0.25) is 14.5 Å². The van der Waals surface area contributed by atoms with Gasteiger partial charge in [-0.2, -0.15) is 0 Å². The van der Waals surface area contributed by atoms with Gasteiger partial charge < -0.3 is 16.0 Å². The maximum Gasteiger partial charge on any atom is 0.251 e. The zero-order chi connectivity index (χ0) is 24.6. The van der Waals surface area contributed by atoms with Crippen LogP contribution in [-0.4, -0.2) is 43.3 Å². The number of carbonyl (C=O) groups excluding carboxylic acids is 2. The summed E-state index contributed by atoms with van der Waals surface area (Å²) in [5.74, 6) is -0.00309. The molecular formula is C25H30Cl2N4O2. The van der Waals surface area contributed by atoms with E-state index in [0.717, 1.165) is 28.7 Å². The summed E-state index contributed by atoms with van der Waals surface area (Å²) in [7, 11) is 3.88. The fourth-order valence-corrected chi connectivity index (χ4v) is 3.91. The van der Waals surface area contributed by atoms with E-state index in [1.807, 2.05) is 26.2 Å². The Kier molecular flexibility index (Phi) is 9.68. The van der Waals surface area contributed by atoms with Crippen LogP contribution in [0.3, 0.4) is 0 Å². The largest absolute Gasteiger partial charge is 0.365 e. The number of aldehydes is 1. The van der Waals surface area contributed by atoms with Gasteiger partial charge in [0.05, 0.1) is 5.54 Å². The van der Waals surface area contributed by atoms with Crippen LogP contribution in [0.1, 0.15) is 38.8 Å². The van der Waals surface area contributed by atoms with Crippen LogP contribution in [-0.2, 0) is 13.1 Å². The first kappa shape index (κ1) is 26.6. The molecule has 1 atom stereocenters. The first-order valence-electron chi connectivity index (χ1n) is 10.4. The molecule has 0 bridgehead atoms. The Hall–Kier alpha value is -2.64. The Balaban J connectivity index is 0.000000288. The fraction of sp³-hybridized carbons (Fsp3) is 0.280. The number of likely N-dealkylation sites (N-methyl/N-ethyl adjacent to an activating group) is 2. The molecule has 176 valence electrons. The molecule has 1 amide bonds. The van der Waals surface area contributed by atoms with Crippen LogP contribution < -0.4 is 16.0 Å². The van der Waals surface area contributed by atoms with E-state index in [0.29, 0.717) is 35.2 Å². The second kappa shape index (κ2) is 12.0. The summed E-state index contributed by atoms with van der Waals surface area (Å²) >= 11 is 11.8. The molecule has 0 fully saturated rings. The maximum atomic E-state index is 11.1. The van der Waals surface area contributed by atoms with E-state index in [1.54, 1.807) is 30.5 Å². The molecular weight excluding hydrogens is 459 g/mol. The smallest absolute Gasteiger partial charge is 0.251 e. The number of fused-ring (bicyclic) bond motifs is 1. The van der Waals surface area contributed by atoms with Crippen LogP contribution in [0.15, 0.2) is 61.5 Å². The van der Waals surface area contributed by atoms with Gasteiger partial charge in [0.1, 0.15) is 6.29 Å². The van der Waals surface area contributed by atoms with Crippen LogP contribution in [0, 0.1) is 0 Å². The molecule has 3 N–H and O–H groups in total. The number of amides is 1. The molecule has 2 aromatic carbocycles. The monoisotopic (exact) mass is 488 g/mol. The number of rotatable bonds is 9. The van der Waals surface area contributed by atoms with E-state index in [9.17, 15) is 9.59 Å². The highest BCUT2D eigenvalue weighted by molar-refractivity contribution is 6.31. The average molecular weight is 489 g/mol. The molecule has 0 radical (unpaired) electrons. The molecule has 33 heavy (non-hydrogen) atoms. The molecule has 0 aliphatic carbocycles. The van der Waals surface area contributed by atoms with Crippen molar-refractivity contribution in [2.24, 2.45) is 0 Å². The van der Waals surface area contributed by atoms with Crippen molar-refractivity contribution in [2.75, 3.05) is 20.6 Å². The summed E-state index contributed by atoms with van der Waals surface area (Å²) < 4.78 is 0. The van der Waals surface area contributed by atoms with Gasteiger partial charge in [0.25, 0.3) is 5.91 Å². The molecule has 0 aromatic heterocycles. The first-order valence-corrected chi connectivity index (χ1v) is 11.1. The lowest BCUT2D eigenvalue weighted by atomic mass is 9.97. The first-order chi connectivity index (χ1) is 15.6. The number of hydrogen-bond donors (Lipinski definition) is 3. The van der Waals surface area contributed by atoms with Crippen molar-refractivity contribution in [2.45, 2.75) is 25.6 Å². The topological polar surface area (TPSA) is 73.5 Å². The van der Waals surface area contributed by atoms with Crippen molar-refractivity contribution in [1.82, 2.24) is 20.9 Å². The predicted molar refractivity (Wildman–Crippen MR) is 136 cm³/mol. The summed E-state index contributed by atoms with van der Waals surface area (Å²) in [6.07, 6.45) is 2.47. The summed E-state index contributed by atoms with van der Waals surface area (Å²) in [4.78, 5) is 24.3.